The van der Waals surface area contributed by atoms with Gasteiger partial charge >= 0.3 is 5.97 Å². The van der Waals surface area contributed by atoms with Gasteiger partial charge in [0.15, 0.2) is 0 Å². The van der Waals surface area contributed by atoms with Gasteiger partial charge in [0, 0.05) is 0 Å². The minimum absolute atomic E-state index is 0.125. The van der Waals surface area contributed by atoms with Gasteiger partial charge in [0.2, 0.25) is 5.91 Å². The number of carbonyl (C=O) groups excluding carboxylic acids is 2. The number of ether oxygens (including phenoxy) is 1. The van der Waals surface area contributed by atoms with Crippen molar-refractivity contribution in [2.45, 2.75) is 12.3 Å². The average Bonchev–Trinajstić information content (AvgIpc) is 2.83. The molecule has 6 nitrogen and oxygen atoms in total. The first-order chi connectivity index (χ1) is 10.2. The molecule has 0 saturated heterocycles. The molecule has 0 saturated carbocycles. The molecule has 0 radical (unpaired) electrons. The van der Waals surface area contributed by atoms with Crippen LogP contribution in [-0.2, 0) is 26.6 Å². The van der Waals surface area contributed by atoms with Crippen molar-refractivity contribution in [1.82, 2.24) is 14.9 Å². The fourth-order valence-corrected chi connectivity index (χ4v) is 2.46. The lowest BCUT2D eigenvalue weighted by Crippen LogP contribution is -2.33. The van der Waals surface area contributed by atoms with Crippen LogP contribution in [0.25, 0.3) is 11.0 Å². The Balaban J connectivity index is 2.17. The first-order valence-electron chi connectivity index (χ1n) is 6.42. The fourth-order valence-electron chi connectivity index (χ4n) is 1.98. The molecule has 7 heteroatoms. The molecule has 1 N–H and O–H groups in total. The zero-order valence-corrected chi connectivity index (χ0v) is 12.8. The number of rotatable bonds is 6. The molecule has 0 aliphatic heterocycles. The first kappa shape index (κ1) is 15.4. The Hall–Kier alpha value is -2.02. The molecule has 0 aliphatic rings. The second-order valence-corrected chi connectivity index (χ2v) is 5.25. The van der Waals surface area contributed by atoms with Crippen molar-refractivity contribution < 1.29 is 14.3 Å². The van der Waals surface area contributed by atoms with E-state index < -0.39 is 5.97 Å². The second-order valence-electron chi connectivity index (χ2n) is 4.39. The number of aromatic nitrogens is 2. The number of thioether (sulfide) groups is 1. The molecule has 0 bridgehead atoms. The van der Waals surface area contributed by atoms with Crippen molar-refractivity contribution in [1.29, 1.82) is 0 Å². The molecule has 1 heterocycles. The number of nitrogens with zero attached hydrogens (tertiary/aromatic N) is 2. The minimum Gasteiger partial charge on any atom is -0.468 e. The molecule has 0 fully saturated rings. The minimum atomic E-state index is -0.469. The Kier molecular flexibility index (Phi) is 5.21. The summed E-state index contributed by atoms with van der Waals surface area (Å²) in [6.45, 7) is 0.00717. The lowest BCUT2D eigenvalue weighted by molar-refractivity contribution is -0.141. The largest absolute Gasteiger partial charge is 0.468 e. The number of nitrogens with one attached hydrogen (secondary N) is 1. The van der Waals surface area contributed by atoms with E-state index in [0.29, 0.717) is 0 Å². The van der Waals surface area contributed by atoms with E-state index >= 15 is 0 Å². The van der Waals surface area contributed by atoms with E-state index in [0.717, 1.165) is 22.6 Å². The Morgan fingerprint density at radius 3 is 2.86 bits per heavy atom. The monoisotopic (exact) mass is 307 g/mol. The number of hydrogen-bond acceptors (Lipinski definition) is 5. The van der Waals surface area contributed by atoms with Gasteiger partial charge in [0.05, 0.1) is 23.9 Å². The summed E-state index contributed by atoms with van der Waals surface area (Å²) in [4.78, 5) is 27.5. The molecule has 0 aliphatic carbocycles. The molecule has 1 amide bonds. The maximum absolute atomic E-state index is 12.0. The van der Waals surface area contributed by atoms with Gasteiger partial charge in [-0.1, -0.05) is 12.1 Å². The second kappa shape index (κ2) is 7.12. The van der Waals surface area contributed by atoms with Crippen molar-refractivity contribution >= 4 is 34.7 Å². The molecule has 0 spiro atoms. The van der Waals surface area contributed by atoms with Gasteiger partial charge in [-0.25, -0.2) is 4.98 Å². The van der Waals surface area contributed by atoms with E-state index in [4.69, 9.17) is 0 Å². The quantitative estimate of drug-likeness (QED) is 0.812. The van der Waals surface area contributed by atoms with Gasteiger partial charge < -0.3 is 14.6 Å². The highest BCUT2D eigenvalue weighted by molar-refractivity contribution is 7.97. The standard InChI is InChI=1S/C14H17N3O3S/c1-20-14(19)7-15-13(18)8-17-11-6-4-3-5-10(11)16-12(17)9-21-2/h3-6H,7-9H2,1-2H3,(H,15,18). The third-order valence-electron chi connectivity index (χ3n) is 2.97. The van der Waals surface area contributed by atoms with Crippen LogP contribution in [0.2, 0.25) is 0 Å². The summed E-state index contributed by atoms with van der Waals surface area (Å²) in [5.74, 6) is 0.852. The van der Waals surface area contributed by atoms with E-state index in [-0.39, 0.29) is 19.0 Å². The van der Waals surface area contributed by atoms with Gasteiger partial charge in [-0.15, -0.1) is 0 Å². The van der Waals surface area contributed by atoms with Gasteiger partial charge in [0.25, 0.3) is 0 Å². The Morgan fingerprint density at radius 1 is 1.38 bits per heavy atom. The fraction of sp³-hybridized carbons (Fsp3) is 0.357. The third-order valence-corrected chi connectivity index (χ3v) is 3.51. The Labute approximate surface area is 126 Å². The summed E-state index contributed by atoms with van der Waals surface area (Å²) in [5.41, 5.74) is 1.78. The molecule has 0 unspecified atom stereocenters. The third kappa shape index (κ3) is 3.75. The van der Waals surface area contributed by atoms with Crippen LogP contribution in [-0.4, -0.2) is 41.3 Å². The summed E-state index contributed by atoms with van der Waals surface area (Å²) in [6.07, 6.45) is 1.99. The van der Waals surface area contributed by atoms with E-state index in [1.807, 2.05) is 35.1 Å². The zero-order valence-electron chi connectivity index (χ0n) is 12.0. The van der Waals surface area contributed by atoms with Gasteiger partial charge in [-0.05, 0) is 18.4 Å². The predicted octanol–water partition coefficient (Wildman–Crippen LogP) is 1.19. The van der Waals surface area contributed by atoms with E-state index in [2.05, 4.69) is 15.0 Å². The SMILES string of the molecule is COC(=O)CNC(=O)Cn1c(CSC)nc2ccccc21. The van der Waals surface area contributed by atoms with Gasteiger partial charge in [0.1, 0.15) is 18.9 Å². The Bertz CT molecular complexity index is 654. The number of benzene rings is 1. The lowest BCUT2D eigenvalue weighted by atomic mass is 10.3. The highest BCUT2D eigenvalue weighted by atomic mass is 32.2. The normalized spacial score (nSPS) is 10.6. The topological polar surface area (TPSA) is 73.2 Å². The van der Waals surface area contributed by atoms with Crippen LogP contribution in [0.5, 0.6) is 0 Å². The number of methoxy groups -OCH3 is 1. The van der Waals surface area contributed by atoms with Crippen LogP contribution >= 0.6 is 11.8 Å². The Morgan fingerprint density at radius 2 is 2.14 bits per heavy atom. The number of para-hydroxylation sites is 2. The molecule has 1 aromatic carbocycles. The molecule has 0 atom stereocenters. The number of imidazole rings is 1. The maximum atomic E-state index is 12.0. The first-order valence-corrected chi connectivity index (χ1v) is 7.81. The summed E-state index contributed by atoms with van der Waals surface area (Å²) in [5, 5.41) is 2.54. The van der Waals surface area contributed by atoms with Crippen LogP contribution < -0.4 is 5.32 Å². The molecular formula is C14H17N3O3S. The highest BCUT2D eigenvalue weighted by Gasteiger charge is 2.13. The van der Waals surface area contributed by atoms with Crippen molar-refractivity contribution in [3.63, 3.8) is 0 Å². The zero-order chi connectivity index (χ0) is 15.2. The van der Waals surface area contributed by atoms with Gasteiger partial charge in [-0.2, -0.15) is 11.8 Å². The van der Waals surface area contributed by atoms with Crippen LogP contribution in [0.4, 0.5) is 0 Å². The summed E-state index contributed by atoms with van der Waals surface area (Å²) in [6, 6.07) is 7.68. The van der Waals surface area contributed by atoms with E-state index in [1.54, 1.807) is 11.8 Å². The maximum Gasteiger partial charge on any atom is 0.325 e. The molecule has 2 rings (SSSR count). The summed E-state index contributed by atoms with van der Waals surface area (Å²) in [7, 11) is 1.29. The number of fused-ring (bicyclic) bond motifs is 1. The number of carbonyl (C=O) groups is 2. The van der Waals surface area contributed by atoms with Crippen molar-refractivity contribution in [3.05, 3.63) is 30.1 Å². The lowest BCUT2D eigenvalue weighted by Gasteiger charge is -2.09. The smallest absolute Gasteiger partial charge is 0.325 e. The van der Waals surface area contributed by atoms with Crippen LogP contribution in [0.15, 0.2) is 24.3 Å². The van der Waals surface area contributed by atoms with Crippen LogP contribution in [0.3, 0.4) is 0 Å². The van der Waals surface area contributed by atoms with Gasteiger partial charge in [-0.3, -0.25) is 9.59 Å². The van der Waals surface area contributed by atoms with Crippen molar-refractivity contribution in [3.8, 4) is 0 Å². The van der Waals surface area contributed by atoms with Crippen molar-refractivity contribution in [2.24, 2.45) is 0 Å². The number of amides is 1. The summed E-state index contributed by atoms with van der Waals surface area (Å²) >= 11 is 1.64. The van der Waals surface area contributed by atoms with E-state index in [9.17, 15) is 9.59 Å². The molecule has 112 valence electrons. The van der Waals surface area contributed by atoms with E-state index in [1.165, 1.54) is 7.11 Å². The summed E-state index contributed by atoms with van der Waals surface area (Å²) < 4.78 is 6.37. The van der Waals surface area contributed by atoms with Crippen molar-refractivity contribution in [2.75, 3.05) is 19.9 Å². The average molecular weight is 307 g/mol. The molecular weight excluding hydrogens is 290 g/mol. The predicted molar refractivity (Wildman–Crippen MR) is 82.0 cm³/mol. The number of hydrogen-bond donors (Lipinski definition) is 1. The molecule has 2 aromatic rings. The van der Waals surface area contributed by atoms with Crippen LogP contribution in [0, 0.1) is 0 Å². The molecule has 1 aromatic heterocycles. The highest BCUT2D eigenvalue weighted by Crippen LogP contribution is 2.18. The molecule has 21 heavy (non-hydrogen) atoms. The number of esters is 1. The van der Waals surface area contributed by atoms with Crippen LogP contribution in [0.1, 0.15) is 5.82 Å².